The maximum absolute atomic E-state index is 13.1. The second-order valence-electron chi connectivity index (χ2n) is 4.45. The standard InChI is InChI=1S/C15H12FN3O3/c1-21-15(20)12-6-3-7-14-17-13(18-19(12)14)9-22-11-5-2-4-10(16)8-11/h2-8H,9H2,1H3. The quantitative estimate of drug-likeness (QED) is 0.691. The van der Waals surface area contributed by atoms with Crippen LogP contribution in [0.2, 0.25) is 0 Å². The number of nitrogens with zero attached hydrogens (tertiary/aromatic N) is 3. The van der Waals surface area contributed by atoms with Gasteiger partial charge >= 0.3 is 5.97 Å². The summed E-state index contributed by atoms with van der Waals surface area (Å²) in [6.45, 7) is 0.0613. The number of hydrogen-bond donors (Lipinski definition) is 0. The molecule has 3 aromatic rings. The molecule has 0 aliphatic heterocycles. The van der Waals surface area contributed by atoms with Crippen molar-refractivity contribution in [2.75, 3.05) is 7.11 Å². The van der Waals surface area contributed by atoms with Crippen molar-refractivity contribution >= 4 is 11.6 Å². The summed E-state index contributed by atoms with van der Waals surface area (Å²) >= 11 is 0. The van der Waals surface area contributed by atoms with Gasteiger partial charge in [0.1, 0.15) is 18.2 Å². The van der Waals surface area contributed by atoms with Gasteiger partial charge in [0, 0.05) is 6.07 Å². The number of carbonyl (C=O) groups is 1. The van der Waals surface area contributed by atoms with E-state index in [4.69, 9.17) is 9.47 Å². The van der Waals surface area contributed by atoms with E-state index in [1.165, 1.54) is 23.8 Å². The molecule has 0 saturated carbocycles. The molecule has 1 aromatic carbocycles. The number of fused-ring (bicyclic) bond motifs is 1. The summed E-state index contributed by atoms with van der Waals surface area (Å²) in [5, 5.41) is 4.21. The molecule has 0 unspecified atom stereocenters. The molecule has 0 amide bonds. The Kier molecular flexibility index (Phi) is 3.69. The van der Waals surface area contributed by atoms with Crippen LogP contribution in [-0.4, -0.2) is 27.7 Å². The minimum Gasteiger partial charge on any atom is -0.485 e. The molecular formula is C15H12FN3O3. The Balaban J connectivity index is 1.85. The molecule has 0 bridgehead atoms. The van der Waals surface area contributed by atoms with Crippen molar-refractivity contribution in [1.29, 1.82) is 0 Å². The minimum absolute atomic E-state index is 0.0613. The van der Waals surface area contributed by atoms with Gasteiger partial charge in [-0.2, -0.15) is 0 Å². The average Bonchev–Trinajstić information content (AvgIpc) is 2.95. The number of ether oxygens (including phenoxy) is 2. The van der Waals surface area contributed by atoms with Crippen LogP contribution in [-0.2, 0) is 11.3 Å². The van der Waals surface area contributed by atoms with Gasteiger partial charge in [-0.3, -0.25) is 0 Å². The van der Waals surface area contributed by atoms with E-state index in [9.17, 15) is 9.18 Å². The molecule has 7 heteroatoms. The van der Waals surface area contributed by atoms with Gasteiger partial charge in [-0.05, 0) is 24.3 Å². The molecule has 0 spiro atoms. The van der Waals surface area contributed by atoms with Gasteiger partial charge in [-0.25, -0.2) is 18.7 Å². The van der Waals surface area contributed by atoms with Crippen molar-refractivity contribution in [2.45, 2.75) is 6.61 Å². The Hall–Kier alpha value is -2.96. The highest BCUT2D eigenvalue weighted by molar-refractivity contribution is 5.88. The molecule has 6 nitrogen and oxygen atoms in total. The predicted octanol–water partition coefficient (Wildman–Crippen LogP) is 2.23. The summed E-state index contributed by atoms with van der Waals surface area (Å²) in [6.07, 6.45) is 0. The maximum Gasteiger partial charge on any atom is 0.356 e. The van der Waals surface area contributed by atoms with E-state index in [-0.39, 0.29) is 18.1 Å². The molecule has 2 aromatic heterocycles. The Labute approximate surface area is 125 Å². The summed E-state index contributed by atoms with van der Waals surface area (Å²) in [6, 6.07) is 10.8. The van der Waals surface area contributed by atoms with E-state index in [1.54, 1.807) is 30.3 Å². The number of pyridine rings is 1. The maximum atomic E-state index is 13.1. The second kappa shape index (κ2) is 5.80. The molecule has 0 fully saturated rings. The fraction of sp³-hybridized carbons (Fsp3) is 0.133. The molecule has 3 rings (SSSR count). The zero-order chi connectivity index (χ0) is 15.5. The average molecular weight is 301 g/mol. The summed E-state index contributed by atoms with van der Waals surface area (Å²) in [5.41, 5.74) is 0.769. The summed E-state index contributed by atoms with van der Waals surface area (Å²) in [7, 11) is 1.30. The number of carbonyl (C=O) groups excluding carboxylic acids is 1. The van der Waals surface area contributed by atoms with Crippen LogP contribution in [0.15, 0.2) is 42.5 Å². The lowest BCUT2D eigenvalue weighted by Crippen LogP contribution is -2.09. The fourth-order valence-corrected chi connectivity index (χ4v) is 1.97. The van der Waals surface area contributed by atoms with Crippen LogP contribution < -0.4 is 4.74 Å². The number of benzene rings is 1. The number of hydrogen-bond acceptors (Lipinski definition) is 5. The number of methoxy groups -OCH3 is 1. The lowest BCUT2D eigenvalue weighted by atomic mass is 10.3. The molecule has 112 valence electrons. The van der Waals surface area contributed by atoms with E-state index in [2.05, 4.69) is 10.1 Å². The fourth-order valence-electron chi connectivity index (χ4n) is 1.97. The topological polar surface area (TPSA) is 65.7 Å². The minimum atomic E-state index is -0.506. The van der Waals surface area contributed by atoms with Gasteiger partial charge < -0.3 is 9.47 Å². The molecule has 0 radical (unpaired) electrons. The van der Waals surface area contributed by atoms with Crippen molar-refractivity contribution in [3.63, 3.8) is 0 Å². The Morgan fingerprint density at radius 3 is 2.86 bits per heavy atom. The molecule has 0 atom stereocenters. The first-order valence-corrected chi connectivity index (χ1v) is 6.49. The zero-order valence-electron chi connectivity index (χ0n) is 11.7. The molecule has 0 aliphatic carbocycles. The Morgan fingerprint density at radius 2 is 2.09 bits per heavy atom. The summed E-state index contributed by atoms with van der Waals surface area (Å²) in [5.74, 6) is -0.130. The van der Waals surface area contributed by atoms with Crippen molar-refractivity contribution in [2.24, 2.45) is 0 Å². The largest absolute Gasteiger partial charge is 0.485 e. The third-order valence-corrected chi connectivity index (χ3v) is 2.96. The number of halogens is 1. The first-order chi connectivity index (χ1) is 10.7. The summed E-state index contributed by atoms with van der Waals surface area (Å²) in [4.78, 5) is 15.9. The normalized spacial score (nSPS) is 10.6. The molecule has 22 heavy (non-hydrogen) atoms. The highest BCUT2D eigenvalue weighted by Gasteiger charge is 2.13. The first-order valence-electron chi connectivity index (χ1n) is 6.49. The lowest BCUT2D eigenvalue weighted by Gasteiger charge is -2.02. The van der Waals surface area contributed by atoms with E-state index >= 15 is 0 Å². The van der Waals surface area contributed by atoms with Gasteiger partial charge in [-0.1, -0.05) is 12.1 Å². The Bertz CT molecular complexity index is 832. The highest BCUT2D eigenvalue weighted by Crippen LogP contribution is 2.14. The lowest BCUT2D eigenvalue weighted by molar-refractivity contribution is 0.0590. The van der Waals surface area contributed by atoms with E-state index < -0.39 is 5.97 Å². The number of esters is 1. The third kappa shape index (κ3) is 2.73. The Morgan fingerprint density at radius 1 is 1.27 bits per heavy atom. The second-order valence-corrected chi connectivity index (χ2v) is 4.45. The summed E-state index contributed by atoms with van der Waals surface area (Å²) < 4.78 is 24.6. The van der Waals surface area contributed by atoms with E-state index in [0.29, 0.717) is 17.2 Å². The third-order valence-electron chi connectivity index (χ3n) is 2.96. The predicted molar refractivity (Wildman–Crippen MR) is 75.1 cm³/mol. The highest BCUT2D eigenvalue weighted by atomic mass is 19.1. The van der Waals surface area contributed by atoms with Crippen LogP contribution >= 0.6 is 0 Å². The van der Waals surface area contributed by atoms with Crippen LogP contribution in [0.25, 0.3) is 5.65 Å². The first kappa shape index (κ1) is 14.0. The van der Waals surface area contributed by atoms with Crippen molar-refractivity contribution in [1.82, 2.24) is 14.6 Å². The van der Waals surface area contributed by atoms with Gasteiger partial charge in [0.15, 0.2) is 17.2 Å². The van der Waals surface area contributed by atoms with Crippen LogP contribution in [0, 0.1) is 5.82 Å². The monoisotopic (exact) mass is 301 g/mol. The van der Waals surface area contributed by atoms with Crippen LogP contribution in [0.4, 0.5) is 4.39 Å². The molecular weight excluding hydrogens is 289 g/mol. The molecule has 0 N–H and O–H groups in total. The number of rotatable bonds is 4. The van der Waals surface area contributed by atoms with Gasteiger partial charge in [0.05, 0.1) is 7.11 Å². The number of aromatic nitrogens is 3. The van der Waals surface area contributed by atoms with Crippen molar-refractivity contribution in [3.05, 3.63) is 59.8 Å². The van der Waals surface area contributed by atoms with Crippen LogP contribution in [0.3, 0.4) is 0 Å². The van der Waals surface area contributed by atoms with Crippen LogP contribution in [0.5, 0.6) is 5.75 Å². The smallest absolute Gasteiger partial charge is 0.356 e. The zero-order valence-corrected chi connectivity index (χ0v) is 11.7. The van der Waals surface area contributed by atoms with Crippen LogP contribution in [0.1, 0.15) is 16.3 Å². The SMILES string of the molecule is COC(=O)c1cccc2nc(COc3cccc(F)c3)nn12. The van der Waals surface area contributed by atoms with Gasteiger partial charge in [0.25, 0.3) is 0 Å². The molecule has 0 saturated heterocycles. The van der Waals surface area contributed by atoms with E-state index in [1.807, 2.05) is 0 Å². The van der Waals surface area contributed by atoms with E-state index in [0.717, 1.165) is 0 Å². The molecule has 0 aliphatic rings. The van der Waals surface area contributed by atoms with Gasteiger partial charge in [0.2, 0.25) is 0 Å². The molecule has 2 heterocycles. The van der Waals surface area contributed by atoms with Crippen molar-refractivity contribution in [3.8, 4) is 5.75 Å². The van der Waals surface area contributed by atoms with Gasteiger partial charge in [-0.15, -0.1) is 5.10 Å². The van der Waals surface area contributed by atoms with Crippen molar-refractivity contribution < 1.29 is 18.7 Å².